The van der Waals surface area contributed by atoms with Gasteiger partial charge in [0.2, 0.25) is 5.91 Å². The van der Waals surface area contributed by atoms with E-state index >= 15 is 0 Å². The second-order valence-electron chi connectivity index (χ2n) is 9.20. The van der Waals surface area contributed by atoms with Crippen LogP contribution in [0.2, 0.25) is 0 Å². The van der Waals surface area contributed by atoms with Gasteiger partial charge in [-0.05, 0) is 67.4 Å². The molecule has 1 saturated carbocycles. The van der Waals surface area contributed by atoms with E-state index in [9.17, 15) is 9.59 Å². The monoisotopic (exact) mass is 392 g/mol. The Morgan fingerprint density at radius 1 is 1.07 bits per heavy atom. The van der Waals surface area contributed by atoms with Gasteiger partial charge in [-0.3, -0.25) is 4.79 Å². The number of carbonyl (C=O) groups excluding carboxylic acids is 2. The van der Waals surface area contributed by atoms with Crippen LogP contribution in [0.25, 0.3) is 0 Å². The van der Waals surface area contributed by atoms with Crippen molar-refractivity contribution in [3.8, 4) is 0 Å². The number of rotatable bonds is 6. The zero-order chi connectivity index (χ0) is 21.2. The van der Waals surface area contributed by atoms with Crippen molar-refractivity contribution in [3.05, 3.63) is 24.3 Å². The smallest absolute Gasteiger partial charge is 0.408 e. The van der Waals surface area contributed by atoms with Crippen LogP contribution >= 0.6 is 0 Å². The van der Waals surface area contributed by atoms with Crippen molar-refractivity contribution in [2.24, 2.45) is 0 Å². The van der Waals surface area contributed by atoms with Crippen molar-refractivity contribution in [3.63, 3.8) is 0 Å². The molecule has 0 spiro atoms. The lowest BCUT2D eigenvalue weighted by Crippen LogP contribution is -2.57. The molecule has 156 valence electrons. The van der Waals surface area contributed by atoms with Gasteiger partial charge in [-0.1, -0.05) is 0 Å². The van der Waals surface area contributed by atoms with E-state index in [1.807, 2.05) is 20.8 Å². The Kier molecular flexibility index (Phi) is 6.33. The lowest BCUT2D eigenvalue weighted by molar-refractivity contribution is -0.132. The summed E-state index contributed by atoms with van der Waals surface area (Å²) in [5, 5.41) is 5.66. The molecule has 2 amide bonds. The minimum absolute atomic E-state index is 0.354. The molecule has 8 heteroatoms. The third-order valence-electron chi connectivity index (χ3n) is 4.07. The van der Waals surface area contributed by atoms with Crippen molar-refractivity contribution in [2.45, 2.75) is 90.2 Å². The highest BCUT2D eigenvalue weighted by atomic mass is 16.6. The first-order valence-electron chi connectivity index (χ1n) is 9.58. The van der Waals surface area contributed by atoms with E-state index in [0.717, 1.165) is 12.8 Å². The first-order chi connectivity index (χ1) is 12.8. The Hall–Kier alpha value is -2.22. The van der Waals surface area contributed by atoms with Gasteiger partial charge in [-0.2, -0.15) is 0 Å². The van der Waals surface area contributed by atoms with Crippen LogP contribution < -0.4 is 10.6 Å². The van der Waals surface area contributed by atoms with Crippen LogP contribution in [0.4, 0.5) is 4.79 Å². The Labute approximate surface area is 166 Å². The summed E-state index contributed by atoms with van der Waals surface area (Å²) in [5.74, 6) is 0.219. The minimum atomic E-state index is -0.921. The van der Waals surface area contributed by atoms with Crippen LogP contribution in [-0.4, -0.2) is 45.3 Å². The molecule has 2 atom stereocenters. The summed E-state index contributed by atoms with van der Waals surface area (Å²) in [7, 11) is 0. The van der Waals surface area contributed by atoms with Gasteiger partial charge in [0, 0.05) is 12.4 Å². The second kappa shape index (κ2) is 8.03. The maximum absolute atomic E-state index is 13.1. The molecule has 1 aromatic heterocycles. The Morgan fingerprint density at radius 2 is 1.64 bits per heavy atom. The fourth-order valence-electron chi connectivity index (χ4n) is 2.85. The van der Waals surface area contributed by atoms with Gasteiger partial charge in [0.25, 0.3) is 0 Å². The molecule has 1 aromatic rings. The average Bonchev–Trinajstić information content (AvgIpc) is 3.30. The largest absolute Gasteiger partial charge is 0.444 e. The lowest BCUT2D eigenvalue weighted by Gasteiger charge is -2.32. The van der Waals surface area contributed by atoms with Gasteiger partial charge in [0.1, 0.15) is 17.2 Å². The SMILES string of the molecule is C[C@@H](OC(C)(C)C)[C@H](NC(=O)OC(C)(C)C)C(=O)NC1(c2ncccn2)CC1. The first kappa shape index (κ1) is 22.1. The van der Waals surface area contributed by atoms with Gasteiger partial charge in [0.15, 0.2) is 5.82 Å². The van der Waals surface area contributed by atoms with Crippen molar-refractivity contribution < 1.29 is 19.1 Å². The lowest BCUT2D eigenvalue weighted by atomic mass is 10.1. The van der Waals surface area contributed by atoms with E-state index in [2.05, 4.69) is 20.6 Å². The number of hydrogen-bond donors (Lipinski definition) is 2. The van der Waals surface area contributed by atoms with Crippen molar-refractivity contribution >= 4 is 12.0 Å². The van der Waals surface area contributed by atoms with Crippen LogP contribution in [0, 0.1) is 0 Å². The zero-order valence-corrected chi connectivity index (χ0v) is 17.8. The van der Waals surface area contributed by atoms with Crippen LogP contribution in [-0.2, 0) is 19.8 Å². The summed E-state index contributed by atoms with van der Waals surface area (Å²) in [5.41, 5.74) is -1.74. The fourth-order valence-corrected chi connectivity index (χ4v) is 2.85. The van der Waals surface area contributed by atoms with Crippen LogP contribution in [0.5, 0.6) is 0 Å². The topological polar surface area (TPSA) is 102 Å². The number of carbonyl (C=O) groups is 2. The molecule has 28 heavy (non-hydrogen) atoms. The Morgan fingerprint density at radius 3 is 2.11 bits per heavy atom. The van der Waals surface area contributed by atoms with Crippen molar-refractivity contribution in [1.82, 2.24) is 20.6 Å². The van der Waals surface area contributed by atoms with Crippen LogP contribution in [0.15, 0.2) is 18.5 Å². The van der Waals surface area contributed by atoms with Gasteiger partial charge in [-0.25, -0.2) is 14.8 Å². The van der Waals surface area contributed by atoms with Gasteiger partial charge in [-0.15, -0.1) is 0 Å². The summed E-state index contributed by atoms with van der Waals surface area (Å²) in [6, 6.07) is 0.809. The summed E-state index contributed by atoms with van der Waals surface area (Å²) in [6.45, 7) is 12.7. The third-order valence-corrected chi connectivity index (χ3v) is 4.07. The standard InChI is InChI=1S/C20H32N4O4/c1-13(27-18(2,3)4)14(23-17(26)28-19(5,6)7)15(25)24-20(9-10-20)16-21-11-8-12-22-16/h8,11-14H,9-10H2,1-7H3,(H,23,26)(H,24,25)/t13-,14+/m1/s1. The molecule has 0 unspecified atom stereocenters. The van der Waals surface area contributed by atoms with E-state index in [1.54, 1.807) is 46.2 Å². The van der Waals surface area contributed by atoms with E-state index in [1.165, 1.54) is 0 Å². The Bertz CT molecular complexity index is 690. The number of hydrogen-bond acceptors (Lipinski definition) is 6. The van der Waals surface area contributed by atoms with Crippen molar-refractivity contribution in [2.75, 3.05) is 0 Å². The molecule has 0 saturated heterocycles. The average molecular weight is 393 g/mol. The summed E-state index contributed by atoms with van der Waals surface area (Å²) in [4.78, 5) is 33.9. The predicted molar refractivity (Wildman–Crippen MR) is 105 cm³/mol. The molecular formula is C20H32N4O4. The highest BCUT2D eigenvalue weighted by Gasteiger charge is 2.50. The predicted octanol–water partition coefficient (Wildman–Crippen LogP) is 2.68. The highest BCUT2D eigenvalue weighted by Crippen LogP contribution is 2.43. The summed E-state index contributed by atoms with van der Waals surface area (Å²) < 4.78 is 11.2. The molecule has 0 aliphatic heterocycles. The number of amides is 2. The molecule has 8 nitrogen and oxygen atoms in total. The summed E-state index contributed by atoms with van der Waals surface area (Å²) >= 11 is 0. The van der Waals surface area contributed by atoms with E-state index in [-0.39, 0.29) is 5.91 Å². The molecule has 2 N–H and O–H groups in total. The maximum atomic E-state index is 13.1. The molecule has 0 aromatic carbocycles. The normalized spacial score (nSPS) is 18.0. The third kappa shape index (κ3) is 6.44. The second-order valence-corrected chi connectivity index (χ2v) is 9.20. The van der Waals surface area contributed by atoms with E-state index < -0.39 is 35.0 Å². The minimum Gasteiger partial charge on any atom is -0.444 e. The number of aromatic nitrogens is 2. The number of nitrogens with one attached hydrogen (secondary N) is 2. The van der Waals surface area contributed by atoms with E-state index in [4.69, 9.17) is 9.47 Å². The molecule has 1 aliphatic rings. The molecule has 1 fully saturated rings. The van der Waals surface area contributed by atoms with Gasteiger partial charge < -0.3 is 20.1 Å². The Balaban J connectivity index is 2.15. The fraction of sp³-hybridized carbons (Fsp3) is 0.700. The van der Waals surface area contributed by atoms with E-state index in [0.29, 0.717) is 5.82 Å². The molecule has 2 rings (SSSR count). The van der Waals surface area contributed by atoms with Crippen LogP contribution in [0.1, 0.15) is 67.1 Å². The zero-order valence-electron chi connectivity index (χ0n) is 17.8. The van der Waals surface area contributed by atoms with Gasteiger partial charge >= 0.3 is 6.09 Å². The van der Waals surface area contributed by atoms with Crippen LogP contribution in [0.3, 0.4) is 0 Å². The highest BCUT2D eigenvalue weighted by molar-refractivity contribution is 5.87. The summed E-state index contributed by atoms with van der Waals surface area (Å²) in [6.07, 6.45) is 3.55. The van der Waals surface area contributed by atoms with Crippen molar-refractivity contribution in [1.29, 1.82) is 0 Å². The molecule has 0 radical (unpaired) electrons. The maximum Gasteiger partial charge on any atom is 0.408 e. The molecule has 1 heterocycles. The number of alkyl carbamates (subject to hydrolysis) is 1. The quantitative estimate of drug-likeness (QED) is 0.772. The molecule has 1 aliphatic carbocycles. The molecule has 0 bridgehead atoms. The molecular weight excluding hydrogens is 360 g/mol. The van der Waals surface area contributed by atoms with Gasteiger partial charge in [0.05, 0.1) is 11.7 Å². The first-order valence-corrected chi connectivity index (χ1v) is 9.58. The number of ether oxygens (including phenoxy) is 2. The number of nitrogens with zero attached hydrogens (tertiary/aromatic N) is 2.